The first kappa shape index (κ1) is 13.1. The third kappa shape index (κ3) is 2.16. The topological polar surface area (TPSA) is 75.6 Å². The average molecular weight is 279 g/mol. The average Bonchev–Trinajstić information content (AvgIpc) is 2.98. The number of carbonyl (C=O) groups is 2. The van der Waals surface area contributed by atoms with Crippen molar-refractivity contribution in [2.45, 2.75) is 25.0 Å². The third-order valence-electron chi connectivity index (χ3n) is 3.95. The van der Waals surface area contributed by atoms with Gasteiger partial charge in [-0.05, 0) is 31.0 Å². The Morgan fingerprint density at radius 3 is 2.60 bits per heavy atom. The molecule has 6 heteroatoms. The maximum absolute atomic E-state index is 13.1. The van der Waals surface area contributed by atoms with Gasteiger partial charge in [-0.1, -0.05) is 6.07 Å². The molecule has 2 heterocycles. The van der Waals surface area contributed by atoms with Crippen molar-refractivity contribution >= 4 is 17.6 Å². The van der Waals surface area contributed by atoms with Crippen molar-refractivity contribution < 1.29 is 23.8 Å². The second kappa shape index (κ2) is 4.86. The number of nitrogens with one attached hydrogen (secondary N) is 1. The lowest BCUT2D eigenvalue weighted by molar-refractivity contribution is -0.147. The Bertz CT molecular complexity index is 562. The molecule has 1 aromatic rings. The number of hydrogen-bond donors (Lipinski definition) is 2. The smallest absolute Gasteiger partial charge is 0.310 e. The molecule has 2 bridgehead atoms. The van der Waals surface area contributed by atoms with Crippen LogP contribution in [0.3, 0.4) is 0 Å². The van der Waals surface area contributed by atoms with E-state index in [-0.39, 0.29) is 12.2 Å². The molecule has 106 valence electrons. The first-order chi connectivity index (χ1) is 9.56. The van der Waals surface area contributed by atoms with E-state index < -0.39 is 29.5 Å². The highest BCUT2D eigenvalue weighted by Crippen LogP contribution is 2.44. The van der Waals surface area contributed by atoms with E-state index >= 15 is 0 Å². The summed E-state index contributed by atoms with van der Waals surface area (Å²) in [6, 6.07) is 5.51. The SMILES string of the molecule is O=C(O)[C@@H]1[C@@H](C(=O)Nc2cccc(F)c2)[C@H]2CC[C@H]1O2. The summed E-state index contributed by atoms with van der Waals surface area (Å²) in [4.78, 5) is 23.5. The van der Waals surface area contributed by atoms with Gasteiger partial charge in [-0.3, -0.25) is 9.59 Å². The number of carbonyl (C=O) groups excluding carboxylic acids is 1. The van der Waals surface area contributed by atoms with Crippen LogP contribution in [0.4, 0.5) is 10.1 Å². The molecule has 2 N–H and O–H groups in total. The van der Waals surface area contributed by atoms with Crippen molar-refractivity contribution in [2.75, 3.05) is 5.32 Å². The minimum Gasteiger partial charge on any atom is -0.481 e. The van der Waals surface area contributed by atoms with Crippen LogP contribution in [-0.4, -0.2) is 29.2 Å². The summed E-state index contributed by atoms with van der Waals surface area (Å²) in [6.07, 6.45) is 0.622. The van der Waals surface area contributed by atoms with E-state index in [1.807, 2.05) is 0 Å². The Morgan fingerprint density at radius 2 is 1.95 bits per heavy atom. The van der Waals surface area contributed by atoms with E-state index in [9.17, 15) is 19.1 Å². The lowest BCUT2D eigenvalue weighted by Crippen LogP contribution is -2.40. The molecule has 3 rings (SSSR count). The summed E-state index contributed by atoms with van der Waals surface area (Å²) in [5.41, 5.74) is 0.321. The summed E-state index contributed by atoms with van der Waals surface area (Å²) in [6.45, 7) is 0. The zero-order valence-electron chi connectivity index (χ0n) is 10.6. The Kier molecular flexibility index (Phi) is 3.17. The largest absolute Gasteiger partial charge is 0.481 e. The van der Waals surface area contributed by atoms with Gasteiger partial charge in [-0.15, -0.1) is 0 Å². The molecule has 1 amide bonds. The highest BCUT2D eigenvalue weighted by molar-refractivity contribution is 5.96. The fourth-order valence-electron chi connectivity index (χ4n) is 3.12. The van der Waals surface area contributed by atoms with E-state index in [2.05, 4.69) is 5.32 Å². The normalized spacial score (nSPS) is 31.2. The van der Waals surface area contributed by atoms with Crippen molar-refractivity contribution in [1.29, 1.82) is 0 Å². The Balaban J connectivity index is 1.78. The fourth-order valence-corrected chi connectivity index (χ4v) is 3.12. The first-order valence-electron chi connectivity index (χ1n) is 6.51. The van der Waals surface area contributed by atoms with Gasteiger partial charge >= 0.3 is 5.97 Å². The molecule has 4 atom stereocenters. The molecule has 0 unspecified atom stereocenters. The molecule has 0 saturated carbocycles. The summed E-state index contributed by atoms with van der Waals surface area (Å²) in [7, 11) is 0. The molecule has 0 spiro atoms. The van der Waals surface area contributed by atoms with Crippen LogP contribution in [0.25, 0.3) is 0 Å². The summed E-state index contributed by atoms with van der Waals surface area (Å²) in [5, 5.41) is 11.8. The number of ether oxygens (including phenoxy) is 1. The Morgan fingerprint density at radius 1 is 1.25 bits per heavy atom. The molecule has 2 fully saturated rings. The number of rotatable bonds is 3. The Labute approximate surface area is 114 Å². The van der Waals surface area contributed by atoms with Crippen LogP contribution in [0.5, 0.6) is 0 Å². The molecule has 0 aromatic heterocycles. The van der Waals surface area contributed by atoms with Crippen LogP contribution in [0.2, 0.25) is 0 Å². The number of aliphatic carboxylic acids is 1. The van der Waals surface area contributed by atoms with Crippen molar-refractivity contribution in [3.63, 3.8) is 0 Å². The van der Waals surface area contributed by atoms with Crippen LogP contribution in [-0.2, 0) is 14.3 Å². The molecular formula is C14H14FNO4. The summed E-state index contributed by atoms with van der Waals surface area (Å²) >= 11 is 0. The molecule has 1 aromatic carbocycles. The standard InChI is InChI=1S/C14H14FNO4/c15-7-2-1-3-8(6-7)16-13(17)11-9-4-5-10(20-9)12(11)14(18)19/h1-3,6,9-12H,4-5H2,(H,16,17)(H,18,19)/t9-,10-,11+,12+/m1/s1. The monoisotopic (exact) mass is 279 g/mol. The number of hydrogen-bond acceptors (Lipinski definition) is 3. The van der Waals surface area contributed by atoms with E-state index in [0.29, 0.717) is 18.5 Å². The second-order valence-corrected chi connectivity index (χ2v) is 5.18. The summed E-state index contributed by atoms with van der Waals surface area (Å²) < 4.78 is 18.6. The van der Waals surface area contributed by atoms with Crippen molar-refractivity contribution in [3.05, 3.63) is 30.1 Å². The van der Waals surface area contributed by atoms with Gasteiger partial charge in [0.25, 0.3) is 0 Å². The van der Waals surface area contributed by atoms with Crippen molar-refractivity contribution in [2.24, 2.45) is 11.8 Å². The van der Waals surface area contributed by atoms with E-state index in [1.165, 1.54) is 18.2 Å². The van der Waals surface area contributed by atoms with Gasteiger partial charge in [-0.25, -0.2) is 4.39 Å². The van der Waals surface area contributed by atoms with Crippen LogP contribution in [0, 0.1) is 17.7 Å². The maximum Gasteiger partial charge on any atom is 0.310 e. The Hall–Kier alpha value is -1.95. The molecule has 2 saturated heterocycles. The van der Waals surface area contributed by atoms with Gasteiger partial charge in [0, 0.05) is 5.69 Å². The maximum atomic E-state index is 13.1. The van der Waals surface area contributed by atoms with E-state index in [1.54, 1.807) is 6.07 Å². The number of benzene rings is 1. The van der Waals surface area contributed by atoms with Gasteiger partial charge in [0.1, 0.15) is 5.82 Å². The highest BCUT2D eigenvalue weighted by atomic mass is 19.1. The van der Waals surface area contributed by atoms with E-state index in [0.717, 1.165) is 0 Å². The second-order valence-electron chi connectivity index (χ2n) is 5.18. The molecule has 20 heavy (non-hydrogen) atoms. The van der Waals surface area contributed by atoms with Crippen LogP contribution >= 0.6 is 0 Å². The summed E-state index contributed by atoms with van der Waals surface area (Å²) in [5.74, 6) is -3.43. The molecule has 0 radical (unpaired) electrons. The minimum absolute atomic E-state index is 0.321. The van der Waals surface area contributed by atoms with Crippen LogP contribution < -0.4 is 5.32 Å². The van der Waals surface area contributed by atoms with Gasteiger partial charge in [0.05, 0.1) is 24.0 Å². The molecule has 5 nitrogen and oxygen atoms in total. The lowest BCUT2D eigenvalue weighted by Gasteiger charge is -2.23. The number of anilines is 1. The molecule has 2 aliphatic rings. The van der Waals surface area contributed by atoms with Gasteiger partial charge in [0.15, 0.2) is 0 Å². The van der Waals surface area contributed by atoms with Crippen LogP contribution in [0.15, 0.2) is 24.3 Å². The van der Waals surface area contributed by atoms with Gasteiger partial charge in [0.2, 0.25) is 5.91 Å². The highest BCUT2D eigenvalue weighted by Gasteiger charge is 2.55. The third-order valence-corrected chi connectivity index (χ3v) is 3.95. The fraction of sp³-hybridized carbons (Fsp3) is 0.429. The number of carboxylic acid groups (broad SMARTS) is 1. The molecule has 2 aliphatic heterocycles. The predicted molar refractivity (Wildman–Crippen MR) is 67.5 cm³/mol. The van der Waals surface area contributed by atoms with Crippen molar-refractivity contribution in [1.82, 2.24) is 0 Å². The lowest BCUT2D eigenvalue weighted by atomic mass is 9.78. The zero-order valence-corrected chi connectivity index (χ0v) is 10.6. The number of carboxylic acids is 1. The zero-order chi connectivity index (χ0) is 14.3. The first-order valence-corrected chi connectivity index (χ1v) is 6.51. The number of amides is 1. The quantitative estimate of drug-likeness (QED) is 0.882. The van der Waals surface area contributed by atoms with E-state index in [4.69, 9.17) is 4.74 Å². The van der Waals surface area contributed by atoms with Gasteiger partial charge in [-0.2, -0.15) is 0 Å². The number of fused-ring (bicyclic) bond motifs is 2. The minimum atomic E-state index is -1.02. The molecular weight excluding hydrogens is 265 g/mol. The van der Waals surface area contributed by atoms with Crippen molar-refractivity contribution in [3.8, 4) is 0 Å². The number of halogens is 1. The predicted octanol–water partition coefficient (Wildman–Crippen LogP) is 1.64. The van der Waals surface area contributed by atoms with Gasteiger partial charge < -0.3 is 15.2 Å². The molecule has 0 aliphatic carbocycles. The van der Waals surface area contributed by atoms with Crippen LogP contribution in [0.1, 0.15) is 12.8 Å².